The average molecular weight is 421 g/mol. The second-order valence-corrected chi connectivity index (χ2v) is 7.89. The molecule has 2 rings (SSSR count). The van der Waals surface area contributed by atoms with Crippen molar-refractivity contribution in [2.45, 2.75) is 77.4 Å². The molecule has 0 unspecified atom stereocenters. The van der Waals surface area contributed by atoms with Crippen LogP contribution in [0.25, 0.3) is 0 Å². The van der Waals surface area contributed by atoms with Gasteiger partial charge in [-0.1, -0.05) is 39.0 Å². The smallest absolute Gasteiger partial charge is 0.306 e. The number of hydrogen-bond donors (Lipinski definition) is 1. The van der Waals surface area contributed by atoms with Gasteiger partial charge in [0.1, 0.15) is 0 Å². The molecular formula is C22H36N4O4. The molecule has 1 saturated heterocycles. The van der Waals surface area contributed by atoms with Crippen LogP contribution in [0.5, 0.6) is 0 Å². The first-order valence-electron chi connectivity index (χ1n) is 11.2. The van der Waals surface area contributed by atoms with Crippen molar-refractivity contribution in [2.24, 2.45) is 0 Å². The third-order valence-corrected chi connectivity index (χ3v) is 5.40. The number of esters is 1. The minimum absolute atomic E-state index is 0.132. The number of anilines is 1. The van der Waals surface area contributed by atoms with Gasteiger partial charge in [0.25, 0.3) is 5.91 Å². The number of aromatic nitrogens is 2. The summed E-state index contributed by atoms with van der Waals surface area (Å²) in [7, 11) is 0. The zero-order valence-corrected chi connectivity index (χ0v) is 18.3. The minimum atomic E-state index is -0.816. The van der Waals surface area contributed by atoms with Crippen LogP contribution in [0.1, 0.15) is 65.2 Å². The van der Waals surface area contributed by atoms with E-state index in [-0.39, 0.29) is 12.3 Å². The van der Waals surface area contributed by atoms with Gasteiger partial charge in [0.05, 0.1) is 6.10 Å². The van der Waals surface area contributed by atoms with Crippen LogP contribution in [0, 0.1) is 0 Å². The number of rotatable bonds is 12. The largest absolute Gasteiger partial charge is 0.453 e. The van der Waals surface area contributed by atoms with Crippen LogP contribution in [-0.4, -0.2) is 70.2 Å². The number of ether oxygens (including phenoxy) is 1. The molecule has 168 valence electrons. The molecule has 2 heterocycles. The number of aliphatic hydroxyl groups is 1. The van der Waals surface area contributed by atoms with Crippen LogP contribution in [0.15, 0.2) is 18.5 Å². The van der Waals surface area contributed by atoms with E-state index >= 15 is 0 Å². The molecule has 0 radical (unpaired) electrons. The quantitative estimate of drug-likeness (QED) is 0.410. The lowest BCUT2D eigenvalue weighted by atomic mass is 10.0. The van der Waals surface area contributed by atoms with Crippen molar-refractivity contribution in [3.63, 3.8) is 0 Å². The van der Waals surface area contributed by atoms with Gasteiger partial charge in [0.15, 0.2) is 6.10 Å². The summed E-state index contributed by atoms with van der Waals surface area (Å²) in [6.45, 7) is 6.13. The molecule has 0 bridgehead atoms. The highest BCUT2D eigenvalue weighted by atomic mass is 16.5. The molecule has 8 nitrogen and oxygen atoms in total. The van der Waals surface area contributed by atoms with Crippen LogP contribution in [0.4, 0.5) is 5.95 Å². The lowest BCUT2D eigenvalue weighted by Crippen LogP contribution is -2.52. The highest BCUT2D eigenvalue weighted by Crippen LogP contribution is 2.13. The van der Waals surface area contributed by atoms with Crippen LogP contribution >= 0.6 is 0 Å². The van der Waals surface area contributed by atoms with Gasteiger partial charge in [-0.3, -0.25) is 9.59 Å². The molecule has 1 aliphatic rings. The van der Waals surface area contributed by atoms with E-state index in [9.17, 15) is 14.7 Å². The third kappa shape index (κ3) is 8.26. The summed E-state index contributed by atoms with van der Waals surface area (Å²) in [5.41, 5.74) is 0. The van der Waals surface area contributed by atoms with Crippen LogP contribution in [0.3, 0.4) is 0 Å². The highest BCUT2D eigenvalue weighted by Gasteiger charge is 2.27. The Bertz CT molecular complexity index is 635. The van der Waals surface area contributed by atoms with Crippen molar-refractivity contribution in [1.29, 1.82) is 0 Å². The summed E-state index contributed by atoms with van der Waals surface area (Å²) >= 11 is 0. The Morgan fingerprint density at radius 3 is 2.40 bits per heavy atom. The van der Waals surface area contributed by atoms with Gasteiger partial charge in [0, 0.05) is 45.0 Å². The fourth-order valence-corrected chi connectivity index (χ4v) is 3.56. The fraction of sp³-hybridized carbons (Fsp3) is 0.727. The van der Waals surface area contributed by atoms with Crippen molar-refractivity contribution < 1.29 is 19.4 Å². The van der Waals surface area contributed by atoms with E-state index in [0.717, 1.165) is 12.8 Å². The van der Waals surface area contributed by atoms with Crippen molar-refractivity contribution in [3.05, 3.63) is 18.5 Å². The van der Waals surface area contributed by atoms with Crippen LogP contribution < -0.4 is 4.90 Å². The molecule has 0 aromatic carbocycles. The molecule has 1 N–H and O–H groups in total. The Kier molecular flexibility index (Phi) is 10.5. The molecular weight excluding hydrogens is 384 g/mol. The summed E-state index contributed by atoms with van der Waals surface area (Å²) in [4.78, 5) is 36.9. The lowest BCUT2D eigenvalue weighted by molar-refractivity contribution is -0.159. The Hall–Kier alpha value is -2.22. The minimum Gasteiger partial charge on any atom is -0.453 e. The Labute approximate surface area is 179 Å². The topological polar surface area (TPSA) is 95.9 Å². The van der Waals surface area contributed by atoms with Crippen molar-refractivity contribution >= 4 is 17.8 Å². The van der Waals surface area contributed by atoms with E-state index in [1.54, 1.807) is 30.3 Å². The number of carbonyl (C=O) groups excluding carboxylic acids is 2. The first-order chi connectivity index (χ1) is 14.5. The fourth-order valence-electron chi connectivity index (χ4n) is 3.56. The molecule has 1 fully saturated rings. The average Bonchev–Trinajstić information content (AvgIpc) is 2.77. The van der Waals surface area contributed by atoms with E-state index in [2.05, 4.69) is 16.9 Å². The monoisotopic (exact) mass is 420 g/mol. The predicted molar refractivity (Wildman–Crippen MR) is 115 cm³/mol. The molecule has 0 saturated carbocycles. The van der Waals surface area contributed by atoms with Gasteiger partial charge in [-0.25, -0.2) is 9.97 Å². The Morgan fingerprint density at radius 2 is 1.73 bits per heavy atom. The number of carbonyl (C=O) groups is 2. The van der Waals surface area contributed by atoms with Gasteiger partial charge in [-0.15, -0.1) is 0 Å². The highest BCUT2D eigenvalue weighted by molar-refractivity contribution is 5.83. The molecule has 1 aromatic rings. The second kappa shape index (κ2) is 13.2. The molecule has 8 heteroatoms. The zero-order chi connectivity index (χ0) is 21.8. The van der Waals surface area contributed by atoms with Crippen LogP contribution in [0.2, 0.25) is 0 Å². The summed E-state index contributed by atoms with van der Waals surface area (Å²) in [5.74, 6) is 0.0404. The maximum absolute atomic E-state index is 12.6. The third-order valence-electron chi connectivity index (χ3n) is 5.40. The van der Waals surface area contributed by atoms with Crippen molar-refractivity contribution in [2.75, 3.05) is 31.1 Å². The molecule has 0 spiro atoms. The van der Waals surface area contributed by atoms with Gasteiger partial charge in [-0.2, -0.15) is 0 Å². The van der Waals surface area contributed by atoms with Crippen molar-refractivity contribution in [1.82, 2.24) is 14.9 Å². The molecule has 2 atom stereocenters. The second-order valence-electron chi connectivity index (χ2n) is 7.89. The predicted octanol–water partition coefficient (Wildman–Crippen LogP) is 2.56. The lowest BCUT2D eigenvalue weighted by Gasteiger charge is -2.35. The number of piperazine rings is 1. The Morgan fingerprint density at radius 1 is 1.07 bits per heavy atom. The molecule has 1 aliphatic heterocycles. The SMILES string of the molecule is CCCCCCC[C@H](O)CCC(=O)O[C@H](C)C(=O)N1CCN(c2ncccn2)CC1. The van der Waals surface area contributed by atoms with Crippen molar-refractivity contribution in [3.8, 4) is 0 Å². The molecule has 1 amide bonds. The standard InChI is InChI=1S/C22H36N4O4/c1-3-4-5-6-7-9-19(27)10-11-20(28)30-18(2)21(29)25-14-16-26(17-15-25)22-23-12-8-13-24-22/h8,12-13,18-19,27H,3-7,9-11,14-17H2,1-2H3/t18-,19+/m1/s1. The van der Waals surface area contributed by atoms with E-state index in [1.807, 2.05) is 4.90 Å². The summed E-state index contributed by atoms with van der Waals surface area (Å²) in [6, 6.07) is 1.77. The Balaban J connectivity index is 1.63. The molecule has 1 aromatic heterocycles. The number of unbranched alkanes of at least 4 members (excludes halogenated alkanes) is 4. The number of hydrogen-bond acceptors (Lipinski definition) is 7. The van der Waals surface area contributed by atoms with E-state index in [1.165, 1.54) is 19.3 Å². The number of amides is 1. The number of aliphatic hydroxyl groups excluding tert-OH is 1. The van der Waals surface area contributed by atoms with Gasteiger partial charge >= 0.3 is 5.97 Å². The van der Waals surface area contributed by atoms with Gasteiger partial charge in [-0.05, 0) is 25.8 Å². The number of nitrogens with zero attached hydrogens (tertiary/aromatic N) is 4. The molecule has 30 heavy (non-hydrogen) atoms. The maximum atomic E-state index is 12.6. The maximum Gasteiger partial charge on any atom is 0.306 e. The van der Waals surface area contributed by atoms with E-state index in [4.69, 9.17) is 4.74 Å². The summed E-state index contributed by atoms with van der Waals surface area (Å²) in [6.07, 6.45) is 9.02. The first kappa shape index (κ1) is 24.1. The van der Waals surface area contributed by atoms with E-state index in [0.29, 0.717) is 45.0 Å². The first-order valence-corrected chi connectivity index (χ1v) is 11.2. The normalized spacial score (nSPS) is 16.2. The zero-order valence-electron chi connectivity index (χ0n) is 18.3. The van der Waals surface area contributed by atoms with Gasteiger partial charge in [0.2, 0.25) is 5.95 Å². The van der Waals surface area contributed by atoms with Crippen LogP contribution in [-0.2, 0) is 14.3 Å². The van der Waals surface area contributed by atoms with E-state index < -0.39 is 18.2 Å². The summed E-state index contributed by atoms with van der Waals surface area (Å²) < 4.78 is 5.31. The van der Waals surface area contributed by atoms with Gasteiger partial charge < -0.3 is 19.6 Å². The summed E-state index contributed by atoms with van der Waals surface area (Å²) in [5, 5.41) is 10.0. The molecule has 0 aliphatic carbocycles.